The first-order valence-corrected chi connectivity index (χ1v) is 35.0. The van der Waals surface area contributed by atoms with Gasteiger partial charge in [-0.25, -0.2) is 35.5 Å². The Morgan fingerprint density at radius 2 is 0.854 bits per heavy atom. The van der Waals surface area contributed by atoms with Crippen molar-refractivity contribution in [3.05, 3.63) is 131 Å². The van der Waals surface area contributed by atoms with Crippen LogP contribution in [0.1, 0.15) is 151 Å². The van der Waals surface area contributed by atoms with Crippen LogP contribution in [0.15, 0.2) is 82.6 Å². The summed E-state index contributed by atoms with van der Waals surface area (Å²) in [5.74, 6) is 0. The van der Waals surface area contributed by atoms with Gasteiger partial charge in [-0.3, -0.25) is 35.1 Å². The number of hydrogen-bond donors (Lipinski definition) is 6. The second-order valence-corrected chi connectivity index (χ2v) is 29.5. The van der Waals surface area contributed by atoms with Crippen LogP contribution in [0.5, 0.6) is 0 Å². The summed E-state index contributed by atoms with van der Waals surface area (Å²) in [5, 5.41) is 48.1. The van der Waals surface area contributed by atoms with Gasteiger partial charge in [-0.05, 0) is 82.9 Å². The van der Waals surface area contributed by atoms with Crippen molar-refractivity contribution in [3.63, 3.8) is 0 Å². The number of benzene rings is 4. The number of halogens is 3. The molecule has 476 valence electrons. The topological polar surface area (TPSA) is 512 Å². The SMILES string of the molecule is C.C.CC(C)(C)c1ccc(N)cc1C(=O)S(N)(=O)=O.CC(C)(C)c1ccc([N+](=O)[O-])cc1N.CC(C)(C)c1ccc([N+](=O)[O-])cc1S(=O)(=O)Cl.CC(C)(C)c1ccc([N+](=O)[O-])cc1S(N)(=O)=O.CCO.CCOCC.N.O.O.O.[Cl][Sn][Cl]. The van der Waals surface area contributed by atoms with E-state index in [1.165, 1.54) is 42.5 Å². The summed E-state index contributed by atoms with van der Waals surface area (Å²) in [6.07, 6.45) is 0. The molecule has 4 aromatic carbocycles. The molecule has 0 atom stereocenters. The third-order valence-corrected chi connectivity index (χ3v) is 12.4. The average Bonchev–Trinajstić information content (AvgIpc) is 3.25. The molecule has 0 spiro atoms. The van der Waals surface area contributed by atoms with Crippen LogP contribution in [0.25, 0.3) is 0 Å². The van der Waals surface area contributed by atoms with Gasteiger partial charge in [-0.1, -0.05) is 116 Å². The molecular weight excluding hydrogens is 1310 g/mol. The molecule has 0 aliphatic rings. The average molecular weight is 1400 g/mol. The number of carbonyl (C=O) groups excluding carboxylic acids is 1. The van der Waals surface area contributed by atoms with E-state index in [1.807, 2.05) is 76.2 Å². The van der Waals surface area contributed by atoms with E-state index in [2.05, 4.69) is 0 Å². The van der Waals surface area contributed by atoms with Gasteiger partial charge < -0.3 is 43.9 Å². The predicted molar refractivity (Wildman–Crippen MR) is 333 cm³/mol. The number of nitrogens with zero attached hydrogens (tertiary/aromatic N) is 3. The molecule has 18 N–H and O–H groups in total. The number of non-ortho nitro benzene ring substituents is 3. The fourth-order valence-electron chi connectivity index (χ4n) is 6.01. The number of nitrogen functional groups attached to an aromatic ring is 2. The van der Waals surface area contributed by atoms with Crippen molar-refractivity contribution in [2.24, 2.45) is 10.3 Å². The molecule has 33 heteroatoms. The van der Waals surface area contributed by atoms with Crippen molar-refractivity contribution in [3.8, 4) is 0 Å². The molecule has 0 amide bonds. The molecule has 4 rings (SSSR count). The van der Waals surface area contributed by atoms with Gasteiger partial charge in [0.1, 0.15) is 0 Å². The zero-order valence-corrected chi connectivity index (χ0v) is 55.0. The first-order valence-electron chi connectivity index (χ1n) is 22.4. The number of aliphatic hydroxyl groups is 1. The van der Waals surface area contributed by atoms with Gasteiger partial charge in [0.2, 0.25) is 10.0 Å². The van der Waals surface area contributed by atoms with E-state index in [-0.39, 0.29) is 87.3 Å². The number of aliphatic hydroxyl groups excluding tert-OH is 1. The van der Waals surface area contributed by atoms with Gasteiger partial charge in [0, 0.05) is 83.8 Å². The molecule has 26 nitrogen and oxygen atoms in total. The van der Waals surface area contributed by atoms with Crippen molar-refractivity contribution in [2.75, 3.05) is 31.3 Å². The number of ether oxygens (including phenoxy) is 1. The molecule has 0 saturated heterocycles. The Bertz CT molecular complexity index is 2830. The van der Waals surface area contributed by atoms with Crippen LogP contribution in [-0.2, 0) is 55.5 Å². The summed E-state index contributed by atoms with van der Waals surface area (Å²) in [7, 11) is 2.93. The summed E-state index contributed by atoms with van der Waals surface area (Å²) >= 11 is -0.826. The second-order valence-electron chi connectivity index (χ2n) is 19.7. The number of carbonyl (C=O) groups is 1. The van der Waals surface area contributed by atoms with E-state index >= 15 is 0 Å². The fraction of sp³-hybridized carbons (Fsp3) is 0.490. The molecule has 0 aliphatic carbocycles. The van der Waals surface area contributed by atoms with Crippen LogP contribution >= 0.6 is 28.5 Å². The van der Waals surface area contributed by atoms with E-state index in [0.29, 0.717) is 28.1 Å². The van der Waals surface area contributed by atoms with E-state index in [9.17, 15) is 60.4 Å². The molecule has 82 heavy (non-hydrogen) atoms. The Hall–Kier alpha value is -4.45. The van der Waals surface area contributed by atoms with Gasteiger partial charge in [-0.15, -0.1) is 0 Å². The van der Waals surface area contributed by atoms with Gasteiger partial charge in [0.05, 0.1) is 24.6 Å². The van der Waals surface area contributed by atoms with Gasteiger partial charge >= 0.3 is 36.7 Å². The second kappa shape index (κ2) is 41.5. The summed E-state index contributed by atoms with van der Waals surface area (Å²) in [4.78, 5) is 41.3. The maximum atomic E-state index is 11.7. The van der Waals surface area contributed by atoms with Crippen molar-refractivity contribution in [1.29, 1.82) is 0 Å². The predicted octanol–water partition coefficient (Wildman–Crippen LogP) is 8.83. The molecule has 4 aromatic rings. The molecule has 0 saturated carbocycles. The summed E-state index contributed by atoms with van der Waals surface area (Å²) < 4.78 is 72.7. The molecule has 0 aromatic heterocycles. The Morgan fingerprint density at radius 1 is 0.573 bits per heavy atom. The van der Waals surface area contributed by atoms with Crippen molar-refractivity contribution in [2.45, 2.75) is 150 Å². The van der Waals surface area contributed by atoms with E-state index in [0.717, 1.165) is 30.9 Å². The Balaban J connectivity index is -0.000000114. The van der Waals surface area contributed by atoms with Crippen LogP contribution in [-0.4, -0.2) is 105 Å². The number of rotatable bonds is 8. The Kier molecular flexibility index (Phi) is 49.0. The van der Waals surface area contributed by atoms with Crippen molar-refractivity contribution < 1.29 is 71.1 Å². The monoisotopic (exact) mass is 1400 g/mol. The maximum absolute atomic E-state index is 11.7. The number of nitrogens with two attached hydrogens (primary N) is 4. The third-order valence-electron chi connectivity index (χ3n) is 9.33. The minimum absolute atomic E-state index is 0. The molecule has 0 bridgehead atoms. The molecule has 0 fully saturated rings. The molecular formula is C49H89Cl3N8O18S3Sn. The number of anilines is 2. The molecule has 2 radical (unpaired) electrons. The normalized spacial score (nSPS) is 10.6. The number of nitro groups is 3. The summed E-state index contributed by atoms with van der Waals surface area (Å²) in [6.45, 7) is 30.1. The van der Waals surface area contributed by atoms with Crippen molar-refractivity contribution in [1.82, 2.24) is 6.15 Å². The quantitative estimate of drug-likeness (QED) is 0.0315. The zero-order valence-electron chi connectivity index (χ0n) is 47.4. The van der Waals surface area contributed by atoms with E-state index in [1.54, 1.807) is 45.9 Å². The van der Waals surface area contributed by atoms with Crippen LogP contribution < -0.4 is 27.9 Å². The molecule has 0 aliphatic heterocycles. The van der Waals surface area contributed by atoms with Crippen LogP contribution in [0.4, 0.5) is 28.4 Å². The van der Waals surface area contributed by atoms with E-state index in [4.69, 9.17) is 60.1 Å². The molecule has 0 unspecified atom stereocenters. The standard InChI is InChI=1S/C11H16N2O3S.C10H12ClNO4S.C10H14N2O4S.C10H14N2O2.C4H10O.C2H6O.2CH4.2ClH.H3N.3H2O.Sn/c1-11(2,3)9-5-4-7(12)6-8(9)10(14)17(13,15)16;2*1-10(2,3)8-5-4-7(12(13)14)6-9(8)17(11,15)16;1-10(2,3)8-5-4-7(12(13)14)6-9(8)11;1-3-5-4-2;1-2-3;;;;;;;;;/h4-6H,12H2,1-3H3,(H2,13,15,16);4-6H,1-3H3;4-6H,1-3H3,(H2,11,15,16);4-6H,11H2,1-3H3;3-4H2,1-2H3;3H,2H2,1H3;2*1H4;2*1H;1H3;3*1H2;/q;;;;;;;;;;;;;;+2/p-2. The first-order chi connectivity index (χ1) is 34.2. The van der Waals surface area contributed by atoms with Gasteiger partial charge in [-0.2, -0.15) is 0 Å². The Morgan fingerprint density at radius 3 is 1.10 bits per heavy atom. The zero-order chi connectivity index (χ0) is 60.8. The fourth-order valence-corrected chi connectivity index (χ4v) is 8.74. The van der Waals surface area contributed by atoms with Gasteiger partial charge in [0.25, 0.3) is 41.3 Å². The number of nitro benzene ring substituents is 3. The summed E-state index contributed by atoms with van der Waals surface area (Å²) in [6, 6.07) is 16.6. The number of primary sulfonamides is 2. The Labute approximate surface area is 506 Å². The summed E-state index contributed by atoms with van der Waals surface area (Å²) in [5.41, 5.74) is 12.7. The first kappa shape index (κ1) is 96.7. The van der Waals surface area contributed by atoms with Crippen LogP contribution in [0, 0.1) is 30.3 Å². The van der Waals surface area contributed by atoms with Gasteiger partial charge in [0.15, 0.2) is 0 Å². The number of hydrogen-bond acceptors (Lipinski definition) is 18. The van der Waals surface area contributed by atoms with Crippen LogP contribution in [0.3, 0.4) is 0 Å². The van der Waals surface area contributed by atoms with Crippen molar-refractivity contribution >= 4 is 110 Å². The van der Waals surface area contributed by atoms with E-state index < -0.39 is 78.7 Å². The third kappa shape index (κ3) is 36.3. The minimum atomic E-state index is -4.25. The number of sulfonamides is 2. The van der Waals surface area contributed by atoms with Crippen LogP contribution in [0.2, 0.25) is 0 Å². The molecule has 0 heterocycles.